The molecule has 4 nitrogen and oxygen atoms in total. The molecule has 1 unspecified atom stereocenters. The summed E-state index contributed by atoms with van der Waals surface area (Å²) in [4.78, 5) is 14.3. The van der Waals surface area contributed by atoms with Crippen molar-refractivity contribution >= 4 is 11.0 Å². The van der Waals surface area contributed by atoms with Gasteiger partial charge < -0.3 is 10.7 Å². The van der Waals surface area contributed by atoms with Crippen LogP contribution in [0.25, 0.3) is 11.0 Å². The highest BCUT2D eigenvalue weighted by Gasteiger charge is 2.06. The summed E-state index contributed by atoms with van der Waals surface area (Å²) in [5.74, 6) is 0.466. The van der Waals surface area contributed by atoms with Crippen molar-refractivity contribution in [3.05, 3.63) is 34.2 Å². The summed E-state index contributed by atoms with van der Waals surface area (Å²) in [6, 6.07) is 6.07. The van der Waals surface area contributed by atoms with Gasteiger partial charge in [0.05, 0.1) is 11.0 Å². The van der Waals surface area contributed by atoms with Crippen molar-refractivity contribution in [1.29, 1.82) is 0 Å². The zero-order valence-corrected chi connectivity index (χ0v) is 9.66. The highest BCUT2D eigenvalue weighted by molar-refractivity contribution is 5.75. The number of nitrogens with two attached hydrogens (primary N) is 1. The van der Waals surface area contributed by atoms with Crippen LogP contribution in [0.5, 0.6) is 0 Å². The van der Waals surface area contributed by atoms with Crippen molar-refractivity contribution in [3.63, 3.8) is 0 Å². The molecule has 86 valence electrons. The molecule has 0 aliphatic heterocycles. The molecule has 0 saturated heterocycles. The van der Waals surface area contributed by atoms with Gasteiger partial charge in [-0.25, -0.2) is 4.79 Å². The van der Waals surface area contributed by atoms with Crippen LogP contribution < -0.4 is 11.4 Å². The van der Waals surface area contributed by atoms with E-state index < -0.39 is 0 Å². The molecule has 0 aliphatic carbocycles. The highest BCUT2D eigenvalue weighted by Crippen LogP contribution is 2.14. The van der Waals surface area contributed by atoms with Gasteiger partial charge in [-0.3, -0.25) is 4.57 Å². The van der Waals surface area contributed by atoms with Crippen LogP contribution >= 0.6 is 0 Å². The summed E-state index contributed by atoms with van der Waals surface area (Å²) in [6.45, 7) is 2.81. The third kappa shape index (κ3) is 1.88. The summed E-state index contributed by atoms with van der Waals surface area (Å²) >= 11 is 0. The van der Waals surface area contributed by atoms with E-state index in [1.165, 1.54) is 5.56 Å². The molecule has 1 aromatic heterocycles. The van der Waals surface area contributed by atoms with Gasteiger partial charge in [0.2, 0.25) is 0 Å². The fourth-order valence-corrected chi connectivity index (χ4v) is 1.90. The second-order valence-electron chi connectivity index (χ2n) is 4.39. The van der Waals surface area contributed by atoms with Gasteiger partial charge in [0.1, 0.15) is 0 Å². The molecule has 1 heterocycles. The normalized spacial score (nSPS) is 13.2. The quantitative estimate of drug-likeness (QED) is 0.809. The Morgan fingerprint density at radius 2 is 2.25 bits per heavy atom. The molecule has 4 heteroatoms. The van der Waals surface area contributed by atoms with E-state index in [9.17, 15) is 4.79 Å². The molecule has 0 fully saturated rings. The summed E-state index contributed by atoms with van der Waals surface area (Å²) in [7, 11) is 1.77. The topological polar surface area (TPSA) is 63.8 Å². The number of hydrogen-bond acceptors (Lipinski definition) is 2. The van der Waals surface area contributed by atoms with Crippen LogP contribution in [0.2, 0.25) is 0 Å². The zero-order valence-electron chi connectivity index (χ0n) is 9.66. The Hall–Kier alpha value is -1.55. The number of H-pyrrole nitrogens is 1. The Bertz CT molecular complexity index is 553. The molecule has 1 aromatic carbocycles. The minimum atomic E-state index is -0.0703. The zero-order chi connectivity index (χ0) is 11.7. The van der Waals surface area contributed by atoms with E-state index in [1.54, 1.807) is 11.6 Å². The number of fused-ring (bicyclic) bond motifs is 1. The highest BCUT2D eigenvalue weighted by atomic mass is 16.1. The van der Waals surface area contributed by atoms with Crippen LogP contribution in [0, 0.1) is 5.92 Å². The van der Waals surface area contributed by atoms with Crippen LogP contribution in [0.15, 0.2) is 23.0 Å². The first-order valence-electron chi connectivity index (χ1n) is 5.49. The lowest BCUT2D eigenvalue weighted by Crippen LogP contribution is -2.13. The summed E-state index contributed by atoms with van der Waals surface area (Å²) in [5.41, 5.74) is 8.58. The standard InChI is InChI=1S/C12H17N3O/c1-8(7-13)5-9-3-4-11-10(6-9)14-12(16)15(11)2/h3-4,6,8H,5,7,13H2,1-2H3,(H,14,16). The Balaban J connectivity index is 2.41. The molecule has 0 amide bonds. The SMILES string of the molecule is CC(CN)Cc1ccc2c(c1)[nH]c(=O)n2C. The number of aryl methyl sites for hydroxylation is 1. The third-order valence-electron chi connectivity index (χ3n) is 2.96. The molecule has 3 N–H and O–H groups in total. The maximum absolute atomic E-state index is 11.4. The van der Waals surface area contributed by atoms with Crippen molar-refractivity contribution in [1.82, 2.24) is 9.55 Å². The molecule has 2 rings (SSSR count). The molecule has 0 radical (unpaired) electrons. The lowest BCUT2D eigenvalue weighted by molar-refractivity contribution is 0.593. The lowest BCUT2D eigenvalue weighted by Gasteiger charge is -2.08. The van der Waals surface area contributed by atoms with Gasteiger partial charge in [-0.15, -0.1) is 0 Å². The molecule has 0 bridgehead atoms. The second kappa shape index (κ2) is 4.14. The first-order chi connectivity index (χ1) is 7.61. The van der Waals surface area contributed by atoms with Gasteiger partial charge in [0, 0.05) is 7.05 Å². The molecule has 0 aliphatic rings. The van der Waals surface area contributed by atoms with Crippen molar-refractivity contribution in [2.45, 2.75) is 13.3 Å². The largest absolute Gasteiger partial charge is 0.330 e. The summed E-state index contributed by atoms with van der Waals surface area (Å²) < 4.78 is 1.62. The average Bonchev–Trinajstić information content (AvgIpc) is 2.54. The lowest BCUT2D eigenvalue weighted by atomic mass is 10.0. The van der Waals surface area contributed by atoms with E-state index in [-0.39, 0.29) is 5.69 Å². The van der Waals surface area contributed by atoms with Crippen molar-refractivity contribution in [2.75, 3.05) is 6.54 Å². The third-order valence-corrected chi connectivity index (χ3v) is 2.96. The Labute approximate surface area is 94.1 Å². The first kappa shape index (κ1) is 11.0. The summed E-state index contributed by atoms with van der Waals surface area (Å²) in [6.07, 6.45) is 0.948. The predicted molar refractivity (Wildman–Crippen MR) is 65.5 cm³/mol. The predicted octanol–water partition coefficient (Wildman–Crippen LogP) is 1.00. The van der Waals surface area contributed by atoms with E-state index in [0.29, 0.717) is 12.5 Å². The minimum absolute atomic E-state index is 0.0703. The van der Waals surface area contributed by atoms with Crippen molar-refractivity contribution in [2.24, 2.45) is 18.7 Å². The van der Waals surface area contributed by atoms with Crippen molar-refractivity contribution in [3.8, 4) is 0 Å². The Morgan fingerprint density at radius 3 is 2.94 bits per heavy atom. The van der Waals surface area contributed by atoms with E-state index in [4.69, 9.17) is 5.73 Å². The van der Waals surface area contributed by atoms with Crippen LogP contribution in [-0.4, -0.2) is 16.1 Å². The van der Waals surface area contributed by atoms with Gasteiger partial charge in [-0.1, -0.05) is 13.0 Å². The fourth-order valence-electron chi connectivity index (χ4n) is 1.90. The molecule has 1 atom stereocenters. The Morgan fingerprint density at radius 1 is 1.50 bits per heavy atom. The molecular weight excluding hydrogens is 202 g/mol. The van der Waals surface area contributed by atoms with Gasteiger partial charge in [0.25, 0.3) is 0 Å². The number of rotatable bonds is 3. The molecule has 0 spiro atoms. The van der Waals surface area contributed by atoms with Gasteiger partial charge in [0.15, 0.2) is 0 Å². The molecule has 0 saturated carbocycles. The van der Waals surface area contributed by atoms with Gasteiger partial charge in [-0.05, 0) is 36.6 Å². The second-order valence-corrected chi connectivity index (χ2v) is 4.39. The maximum Gasteiger partial charge on any atom is 0.326 e. The number of aromatic nitrogens is 2. The van der Waals surface area contributed by atoms with E-state index >= 15 is 0 Å². The van der Waals surface area contributed by atoms with E-state index in [0.717, 1.165) is 17.5 Å². The number of benzene rings is 1. The van der Waals surface area contributed by atoms with Crippen LogP contribution in [0.1, 0.15) is 12.5 Å². The van der Waals surface area contributed by atoms with Crippen LogP contribution in [0.3, 0.4) is 0 Å². The number of aromatic amines is 1. The number of nitrogens with one attached hydrogen (secondary N) is 1. The average molecular weight is 219 g/mol. The van der Waals surface area contributed by atoms with Crippen LogP contribution in [-0.2, 0) is 13.5 Å². The number of imidazole rings is 1. The summed E-state index contributed by atoms with van der Waals surface area (Å²) in [5, 5.41) is 0. The fraction of sp³-hybridized carbons (Fsp3) is 0.417. The Kier molecular flexibility index (Phi) is 2.83. The number of nitrogens with zero attached hydrogens (tertiary/aromatic N) is 1. The number of hydrogen-bond donors (Lipinski definition) is 2. The van der Waals surface area contributed by atoms with Crippen LogP contribution in [0.4, 0.5) is 0 Å². The maximum atomic E-state index is 11.4. The first-order valence-corrected chi connectivity index (χ1v) is 5.49. The molecular formula is C12H17N3O. The van der Waals surface area contributed by atoms with Gasteiger partial charge >= 0.3 is 5.69 Å². The van der Waals surface area contributed by atoms with Crippen molar-refractivity contribution < 1.29 is 0 Å². The molecule has 16 heavy (non-hydrogen) atoms. The van der Waals surface area contributed by atoms with E-state index in [2.05, 4.69) is 18.0 Å². The monoisotopic (exact) mass is 219 g/mol. The van der Waals surface area contributed by atoms with Gasteiger partial charge in [-0.2, -0.15) is 0 Å². The van der Waals surface area contributed by atoms with E-state index in [1.807, 2.05) is 12.1 Å². The minimum Gasteiger partial charge on any atom is -0.330 e. The smallest absolute Gasteiger partial charge is 0.326 e. The molecule has 2 aromatic rings.